The Morgan fingerprint density at radius 1 is 1.11 bits per heavy atom. The van der Waals surface area contributed by atoms with Gasteiger partial charge in [0.15, 0.2) is 17.3 Å². The zero-order valence-corrected chi connectivity index (χ0v) is 20.5. The molecular formula is C27H31N3O5. The van der Waals surface area contributed by atoms with Crippen molar-refractivity contribution in [1.82, 2.24) is 14.8 Å². The van der Waals surface area contributed by atoms with Gasteiger partial charge in [-0.3, -0.25) is 14.5 Å². The molecule has 1 atom stereocenters. The number of imide groups is 1. The minimum atomic E-state index is -1.29. The summed E-state index contributed by atoms with van der Waals surface area (Å²) in [5.74, 6) is 0.403. The molecule has 0 bridgehead atoms. The monoisotopic (exact) mass is 477 g/mol. The second-order valence-electron chi connectivity index (χ2n) is 9.73. The van der Waals surface area contributed by atoms with Gasteiger partial charge in [0, 0.05) is 23.5 Å². The summed E-state index contributed by atoms with van der Waals surface area (Å²) in [6.07, 6.45) is 8.14. The van der Waals surface area contributed by atoms with Gasteiger partial charge >= 0.3 is 6.03 Å². The molecule has 3 heterocycles. The number of aryl methyl sites for hydroxylation is 1. The summed E-state index contributed by atoms with van der Waals surface area (Å²) in [6.45, 7) is 6.19. The molecule has 0 unspecified atom stereocenters. The molecule has 1 saturated heterocycles. The number of Topliss-reactive ketones (excluding diaryl/α,β-unsaturated/α-hetero) is 1. The van der Waals surface area contributed by atoms with Gasteiger partial charge in [-0.2, -0.15) is 0 Å². The van der Waals surface area contributed by atoms with Crippen molar-refractivity contribution >= 4 is 17.7 Å². The van der Waals surface area contributed by atoms with Gasteiger partial charge in [-0.05, 0) is 76.6 Å². The maximum absolute atomic E-state index is 13.3. The number of nitrogens with zero attached hydrogens (tertiary/aromatic N) is 2. The number of rotatable bonds is 7. The van der Waals surface area contributed by atoms with Crippen molar-refractivity contribution in [2.45, 2.75) is 65.0 Å². The van der Waals surface area contributed by atoms with Crippen LogP contribution in [-0.4, -0.2) is 40.5 Å². The maximum atomic E-state index is 13.3. The normalized spacial score (nSPS) is 21.3. The fourth-order valence-electron chi connectivity index (χ4n) is 5.29. The Hall–Kier alpha value is -3.55. The molecule has 5 rings (SSSR count). The number of carbonyl (C=O) groups excluding carboxylic acids is 3. The maximum Gasteiger partial charge on any atom is 0.325 e. The Morgan fingerprint density at radius 3 is 2.69 bits per heavy atom. The molecule has 3 amide bonds. The number of ether oxygens (including phenoxy) is 2. The lowest BCUT2D eigenvalue weighted by Crippen LogP contribution is -2.41. The SMILES string of the molecule is Cc1cc(C(=O)CN2C(=O)N[C@@](C)(c3ccc4c(c3)OCO4)C2=O)c(C)n1CCC1=CCCCC1. The molecule has 184 valence electrons. The van der Waals surface area contributed by atoms with Crippen molar-refractivity contribution < 1.29 is 23.9 Å². The van der Waals surface area contributed by atoms with E-state index in [1.165, 1.54) is 18.4 Å². The van der Waals surface area contributed by atoms with Crippen molar-refractivity contribution in [3.63, 3.8) is 0 Å². The molecule has 2 aromatic rings. The van der Waals surface area contributed by atoms with Crippen LogP contribution in [0.25, 0.3) is 0 Å². The molecule has 3 aliphatic rings. The van der Waals surface area contributed by atoms with Crippen LogP contribution in [-0.2, 0) is 16.9 Å². The van der Waals surface area contributed by atoms with Crippen LogP contribution in [0.4, 0.5) is 4.79 Å². The van der Waals surface area contributed by atoms with Crippen LogP contribution in [0, 0.1) is 13.8 Å². The van der Waals surface area contributed by atoms with E-state index < -0.39 is 17.5 Å². The predicted octanol–water partition coefficient (Wildman–Crippen LogP) is 4.37. The van der Waals surface area contributed by atoms with E-state index in [0.717, 1.165) is 42.1 Å². The Labute approximate surface area is 204 Å². The second-order valence-corrected chi connectivity index (χ2v) is 9.73. The first-order valence-electron chi connectivity index (χ1n) is 12.2. The molecule has 35 heavy (non-hydrogen) atoms. The summed E-state index contributed by atoms with van der Waals surface area (Å²) in [5.41, 5.74) is 3.20. The Morgan fingerprint density at radius 2 is 1.91 bits per heavy atom. The number of carbonyl (C=O) groups is 3. The lowest BCUT2D eigenvalue weighted by molar-refractivity contribution is -0.130. The first-order valence-corrected chi connectivity index (χ1v) is 12.2. The van der Waals surface area contributed by atoms with Crippen LogP contribution in [0.3, 0.4) is 0 Å². The van der Waals surface area contributed by atoms with Crippen molar-refractivity contribution in [2.24, 2.45) is 0 Å². The Bertz CT molecular complexity index is 1240. The number of aromatic nitrogens is 1. The molecule has 8 nitrogen and oxygen atoms in total. The summed E-state index contributed by atoms with van der Waals surface area (Å²) in [4.78, 5) is 40.4. The third-order valence-corrected chi connectivity index (χ3v) is 7.44. The van der Waals surface area contributed by atoms with E-state index in [0.29, 0.717) is 22.6 Å². The number of hydrogen-bond acceptors (Lipinski definition) is 5. The largest absolute Gasteiger partial charge is 0.454 e. The first-order chi connectivity index (χ1) is 16.8. The van der Waals surface area contributed by atoms with E-state index >= 15 is 0 Å². The molecule has 1 fully saturated rings. The Balaban J connectivity index is 1.31. The van der Waals surface area contributed by atoms with Crippen molar-refractivity contribution in [3.05, 3.63) is 58.4 Å². The predicted molar refractivity (Wildman–Crippen MR) is 130 cm³/mol. The summed E-state index contributed by atoms with van der Waals surface area (Å²) in [5, 5.41) is 2.76. The lowest BCUT2D eigenvalue weighted by Gasteiger charge is -2.22. The van der Waals surface area contributed by atoms with Crippen molar-refractivity contribution in [1.29, 1.82) is 0 Å². The fourth-order valence-corrected chi connectivity index (χ4v) is 5.29. The first kappa shape index (κ1) is 23.2. The smallest absolute Gasteiger partial charge is 0.325 e. The van der Waals surface area contributed by atoms with E-state index in [1.54, 1.807) is 25.1 Å². The summed E-state index contributed by atoms with van der Waals surface area (Å²) >= 11 is 0. The topological polar surface area (TPSA) is 89.9 Å². The fraction of sp³-hybridized carbons (Fsp3) is 0.444. The van der Waals surface area contributed by atoms with Gasteiger partial charge < -0.3 is 19.4 Å². The average molecular weight is 478 g/mol. The number of allylic oxidation sites excluding steroid dienone is 2. The number of benzene rings is 1. The van der Waals surface area contributed by atoms with Crippen molar-refractivity contribution in [2.75, 3.05) is 13.3 Å². The molecule has 0 saturated carbocycles. The standard InChI is InChI=1S/C27H31N3O5/c1-17-13-21(18(2)29(17)12-11-19-7-5-4-6-8-19)22(31)15-30-25(32)27(3,28-26(30)33)20-9-10-23-24(14-20)35-16-34-23/h7,9-10,13-14H,4-6,8,11-12,15-16H2,1-3H3,(H,28,33)/t27-/m0/s1. The van der Waals surface area contributed by atoms with Crippen LogP contribution >= 0.6 is 0 Å². The number of nitrogens with one attached hydrogen (secondary N) is 1. The second kappa shape index (κ2) is 8.91. The number of urea groups is 1. The number of amides is 3. The third kappa shape index (κ3) is 4.11. The van der Waals surface area contributed by atoms with E-state index in [9.17, 15) is 14.4 Å². The van der Waals surface area contributed by atoms with Gasteiger partial charge in [-0.1, -0.05) is 17.7 Å². The molecule has 8 heteroatoms. The quantitative estimate of drug-likeness (QED) is 0.363. The molecule has 0 spiro atoms. The van der Waals surface area contributed by atoms with Crippen LogP contribution < -0.4 is 14.8 Å². The van der Waals surface area contributed by atoms with Crippen LogP contribution in [0.1, 0.15) is 66.3 Å². The molecular weight excluding hydrogens is 446 g/mol. The molecule has 1 aromatic heterocycles. The number of fused-ring (bicyclic) bond motifs is 1. The van der Waals surface area contributed by atoms with E-state index in [1.807, 2.05) is 19.9 Å². The highest BCUT2D eigenvalue weighted by Crippen LogP contribution is 2.38. The zero-order valence-electron chi connectivity index (χ0n) is 20.5. The van der Waals surface area contributed by atoms with Gasteiger partial charge in [0.25, 0.3) is 5.91 Å². The Kier molecular flexibility index (Phi) is 5.91. The van der Waals surface area contributed by atoms with Gasteiger partial charge in [0.2, 0.25) is 6.79 Å². The molecule has 1 aromatic carbocycles. The third-order valence-electron chi connectivity index (χ3n) is 7.44. The molecule has 1 aliphatic carbocycles. The van der Waals surface area contributed by atoms with Gasteiger partial charge in [0.1, 0.15) is 5.54 Å². The summed E-state index contributed by atoms with van der Waals surface area (Å²) in [7, 11) is 0. The number of hydrogen-bond donors (Lipinski definition) is 1. The van der Waals surface area contributed by atoms with E-state index in [4.69, 9.17) is 9.47 Å². The van der Waals surface area contributed by atoms with Crippen LogP contribution in [0.5, 0.6) is 11.5 Å². The highest BCUT2D eigenvalue weighted by molar-refractivity contribution is 6.11. The average Bonchev–Trinajstić information content (AvgIpc) is 3.50. The van der Waals surface area contributed by atoms with Gasteiger partial charge in [-0.25, -0.2) is 4.79 Å². The van der Waals surface area contributed by atoms with Crippen LogP contribution in [0.2, 0.25) is 0 Å². The summed E-state index contributed by atoms with van der Waals surface area (Å²) in [6, 6.07) is 6.42. The highest BCUT2D eigenvalue weighted by Gasteiger charge is 2.50. The minimum absolute atomic E-state index is 0.118. The van der Waals surface area contributed by atoms with E-state index in [2.05, 4.69) is 16.0 Å². The van der Waals surface area contributed by atoms with E-state index in [-0.39, 0.29) is 19.1 Å². The highest BCUT2D eigenvalue weighted by atomic mass is 16.7. The molecule has 0 radical (unpaired) electrons. The number of ketones is 1. The zero-order chi connectivity index (χ0) is 24.7. The van der Waals surface area contributed by atoms with Crippen molar-refractivity contribution in [3.8, 4) is 11.5 Å². The minimum Gasteiger partial charge on any atom is -0.454 e. The molecule has 2 aliphatic heterocycles. The van der Waals surface area contributed by atoms with Gasteiger partial charge in [0.05, 0.1) is 6.54 Å². The summed E-state index contributed by atoms with van der Waals surface area (Å²) < 4.78 is 12.9. The lowest BCUT2D eigenvalue weighted by atomic mass is 9.91. The van der Waals surface area contributed by atoms with Crippen LogP contribution in [0.15, 0.2) is 35.9 Å². The molecule has 1 N–H and O–H groups in total. The van der Waals surface area contributed by atoms with Gasteiger partial charge in [-0.15, -0.1) is 0 Å².